The lowest BCUT2D eigenvalue weighted by atomic mass is 9.82. The lowest BCUT2D eigenvalue weighted by Crippen LogP contribution is -2.36. The highest BCUT2D eigenvalue weighted by molar-refractivity contribution is 5.90. The number of halogens is 16. The fraction of sp³-hybridized carbons (Fsp3) is 0.143. The Labute approximate surface area is 254 Å². The molecular weight excluding hydrogens is 696 g/mol. The van der Waals surface area contributed by atoms with Gasteiger partial charge in [0.1, 0.15) is 69.8 Å². The summed E-state index contributed by atoms with van der Waals surface area (Å²) in [7, 11) is 0. The highest BCUT2D eigenvalue weighted by Gasteiger charge is 2.46. The number of alkyl halides is 12. The van der Waals surface area contributed by atoms with Crippen LogP contribution in [0.1, 0.15) is 22.3 Å². The Bertz CT molecular complexity index is 1930. The first-order valence-electron chi connectivity index (χ1n) is 11.7. The minimum absolute atomic E-state index is 0.591. The van der Waals surface area contributed by atoms with Gasteiger partial charge in [0.2, 0.25) is 0 Å². The Morgan fingerprint density at radius 3 is 0.771 bits per heavy atom. The Kier molecular flexibility index (Phi) is 9.27. The highest BCUT2D eigenvalue weighted by atomic mass is 19.4. The molecule has 3 aromatic carbocycles. The summed E-state index contributed by atoms with van der Waals surface area (Å²) in [5.41, 5.74) is -23.7. The topological polar surface area (TPSA) is 95.2 Å². The third-order valence-electron chi connectivity index (χ3n) is 6.24. The molecule has 3 rings (SSSR count). The van der Waals surface area contributed by atoms with Crippen molar-refractivity contribution in [3.63, 3.8) is 0 Å². The summed E-state index contributed by atoms with van der Waals surface area (Å²) < 4.78 is 227. The molecule has 0 radical (unpaired) electrons. The first-order chi connectivity index (χ1) is 21.9. The van der Waals surface area contributed by atoms with Gasteiger partial charge in [-0.15, -0.1) is 0 Å². The van der Waals surface area contributed by atoms with Crippen LogP contribution in [0.5, 0.6) is 0 Å². The minimum atomic E-state index is -6.30. The van der Waals surface area contributed by atoms with Gasteiger partial charge in [0.15, 0.2) is 0 Å². The maximum absolute atomic E-state index is 14.9. The van der Waals surface area contributed by atoms with E-state index in [0.717, 1.165) is 24.3 Å². The molecule has 0 amide bonds. The average Bonchev–Trinajstić information content (AvgIpc) is 2.90. The summed E-state index contributed by atoms with van der Waals surface area (Å²) >= 11 is 0. The SMILES string of the molecule is N#CC(C#N)=c1c(-c2cc(F)c(C(F)(F)F)c(F)c2)c(C(F)(F)F)c(=C(C#N)C#N)c(-c2cc(F)c(C(F)(F)F)c(F)c2)c1C(F)(F)F. The Morgan fingerprint density at radius 1 is 0.396 bits per heavy atom. The van der Waals surface area contributed by atoms with Gasteiger partial charge in [0.05, 0.1) is 11.1 Å². The van der Waals surface area contributed by atoms with Gasteiger partial charge in [0.25, 0.3) is 0 Å². The summed E-state index contributed by atoms with van der Waals surface area (Å²) in [6, 6.07) is 0.548. The van der Waals surface area contributed by atoms with E-state index >= 15 is 0 Å². The van der Waals surface area contributed by atoms with E-state index in [0.29, 0.717) is 0 Å². The molecule has 0 atom stereocenters. The van der Waals surface area contributed by atoms with Crippen molar-refractivity contribution in [1.82, 2.24) is 0 Å². The van der Waals surface area contributed by atoms with Gasteiger partial charge in [0, 0.05) is 21.6 Å². The van der Waals surface area contributed by atoms with Gasteiger partial charge >= 0.3 is 24.7 Å². The van der Waals surface area contributed by atoms with Crippen LogP contribution in [0.2, 0.25) is 0 Å². The lowest BCUT2D eigenvalue weighted by Gasteiger charge is -2.24. The normalized spacial score (nSPS) is 12.1. The van der Waals surface area contributed by atoms with Gasteiger partial charge in [-0.05, 0) is 35.4 Å². The number of hydrogen-bond acceptors (Lipinski definition) is 4. The standard InChI is InChI=1S/C28H4F16N4/c29-13-1-9(2-14(30)21(13)25(33,34)35)17-19(11(5-45)6-46)24(28(42,43)44)18(20(12(7-47)8-48)23(17)27(39,40)41)10-3-15(31)22(16(32)4-10)26(36,37)38/h1-4H. The molecule has 0 aliphatic heterocycles. The number of nitriles is 4. The lowest BCUT2D eigenvalue weighted by molar-refractivity contribution is -0.143. The van der Waals surface area contributed by atoms with Gasteiger partial charge in [-0.2, -0.15) is 73.7 Å². The van der Waals surface area contributed by atoms with Crippen LogP contribution in [0.15, 0.2) is 24.3 Å². The quantitative estimate of drug-likeness (QED) is 0.253. The summed E-state index contributed by atoms with van der Waals surface area (Å²) in [6.07, 6.45) is -24.4. The van der Waals surface area contributed by atoms with E-state index in [1.54, 1.807) is 0 Å². The van der Waals surface area contributed by atoms with Gasteiger partial charge in [-0.1, -0.05) is 0 Å². The molecule has 0 unspecified atom stereocenters. The first-order valence-corrected chi connectivity index (χ1v) is 11.7. The summed E-state index contributed by atoms with van der Waals surface area (Å²) in [4.78, 5) is 0. The molecule has 20 heteroatoms. The zero-order valence-corrected chi connectivity index (χ0v) is 22.1. The van der Waals surface area contributed by atoms with Crippen LogP contribution in [-0.2, 0) is 24.7 Å². The number of nitrogens with zero attached hydrogens (tertiary/aromatic N) is 4. The van der Waals surface area contributed by atoms with E-state index in [9.17, 15) is 91.3 Å². The smallest absolute Gasteiger partial charge is 0.206 e. The molecule has 248 valence electrons. The fourth-order valence-corrected chi connectivity index (χ4v) is 4.64. The summed E-state index contributed by atoms with van der Waals surface area (Å²) in [5, 5.41) is 33.0. The number of rotatable bonds is 2. The predicted molar refractivity (Wildman–Crippen MR) is 126 cm³/mol. The van der Waals surface area contributed by atoms with Crippen LogP contribution in [0.3, 0.4) is 0 Å². The van der Waals surface area contributed by atoms with Crippen molar-refractivity contribution in [2.75, 3.05) is 0 Å². The van der Waals surface area contributed by atoms with Crippen LogP contribution >= 0.6 is 0 Å². The largest absolute Gasteiger partial charge is 0.422 e. The molecule has 0 heterocycles. The molecule has 0 spiro atoms. The van der Waals surface area contributed by atoms with Crippen LogP contribution in [0.25, 0.3) is 33.4 Å². The van der Waals surface area contributed by atoms with Crippen molar-refractivity contribution >= 4 is 11.1 Å². The Balaban J connectivity index is 3.07. The molecule has 0 N–H and O–H groups in total. The van der Waals surface area contributed by atoms with E-state index in [2.05, 4.69) is 0 Å². The molecule has 0 aliphatic rings. The van der Waals surface area contributed by atoms with E-state index in [-0.39, 0.29) is 0 Å². The Morgan fingerprint density at radius 2 is 0.604 bits per heavy atom. The van der Waals surface area contributed by atoms with Crippen LogP contribution < -0.4 is 10.4 Å². The van der Waals surface area contributed by atoms with Crippen LogP contribution in [0, 0.1) is 68.6 Å². The van der Waals surface area contributed by atoms with Crippen LogP contribution in [0.4, 0.5) is 70.2 Å². The van der Waals surface area contributed by atoms with E-state index < -0.39 is 138 Å². The fourth-order valence-electron chi connectivity index (χ4n) is 4.64. The summed E-state index contributed by atoms with van der Waals surface area (Å²) in [6.45, 7) is 0. The van der Waals surface area contributed by atoms with Crippen molar-refractivity contribution in [2.45, 2.75) is 24.7 Å². The first kappa shape index (κ1) is 36.7. The molecular formula is C28H4F16N4. The van der Waals surface area contributed by atoms with E-state index in [4.69, 9.17) is 0 Å². The average molecular weight is 700 g/mol. The molecule has 3 aromatic rings. The molecule has 0 bridgehead atoms. The van der Waals surface area contributed by atoms with Crippen molar-refractivity contribution in [3.05, 3.63) is 80.2 Å². The van der Waals surface area contributed by atoms with Crippen molar-refractivity contribution < 1.29 is 70.2 Å². The van der Waals surface area contributed by atoms with Gasteiger partial charge in [-0.3, -0.25) is 0 Å². The molecule has 0 aromatic heterocycles. The molecule has 0 aliphatic carbocycles. The van der Waals surface area contributed by atoms with Gasteiger partial charge in [-0.25, -0.2) is 17.6 Å². The van der Waals surface area contributed by atoms with E-state index in [1.165, 1.54) is 0 Å². The zero-order chi connectivity index (χ0) is 36.9. The third-order valence-corrected chi connectivity index (χ3v) is 6.24. The molecule has 0 fully saturated rings. The van der Waals surface area contributed by atoms with Gasteiger partial charge < -0.3 is 0 Å². The van der Waals surface area contributed by atoms with Crippen molar-refractivity contribution in [1.29, 1.82) is 21.0 Å². The second kappa shape index (κ2) is 12.1. The van der Waals surface area contributed by atoms with Crippen molar-refractivity contribution in [3.8, 4) is 46.5 Å². The maximum atomic E-state index is 14.9. The second-order valence-electron chi connectivity index (χ2n) is 9.07. The maximum Gasteiger partial charge on any atom is 0.422 e. The predicted octanol–water partition coefficient (Wildman–Crippen LogP) is 8.05. The van der Waals surface area contributed by atoms with Crippen LogP contribution in [-0.4, -0.2) is 0 Å². The molecule has 0 saturated heterocycles. The number of benzene rings is 3. The zero-order valence-electron chi connectivity index (χ0n) is 22.1. The second-order valence-corrected chi connectivity index (χ2v) is 9.07. The van der Waals surface area contributed by atoms with Crippen molar-refractivity contribution in [2.24, 2.45) is 0 Å². The monoisotopic (exact) mass is 700 g/mol. The Hall–Kier alpha value is -5.76. The minimum Gasteiger partial charge on any atom is -0.206 e. The molecule has 48 heavy (non-hydrogen) atoms. The highest BCUT2D eigenvalue weighted by Crippen LogP contribution is 2.44. The summed E-state index contributed by atoms with van der Waals surface area (Å²) in [5.74, 6) is -11.0. The van der Waals surface area contributed by atoms with E-state index in [1.807, 2.05) is 0 Å². The third kappa shape index (κ3) is 6.42. The molecule has 0 saturated carbocycles. The molecule has 4 nitrogen and oxygen atoms in total. The number of hydrogen-bond donors (Lipinski definition) is 0.